The minimum atomic E-state index is -0.449. The molecule has 1 N–H and O–H groups in total. The van der Waals surface area contributed by atoms with E-state index in [4.69, 9.17) is 5.21 Å². The zero-order valence-electron chi connectivity index (χ0n) is 9.57. The zero-order valence-corrected chi connectivity index (χ0v) is 11.2. The Labute approximate surface area is 112 Å². The lowest BCUT2D eigenvalue weighted by atomic mass is 10.1. The van der Waals surface area contributed by atoms with Gasteiger partial charge in [0.25, 0.3) is 5.91 Å². The van der Waals surface area contributed by atoms with Crippen LogP contribution in [-0.2, 0) is 0 Å². The second-order valence-electron chi connectivity index (χ2n) is 4.06. The largest absolute Gasteiger partial charge is 0.411 e. The summed E-state index contributed by atoms with van der Waals surface area (Å²) in [6.07, 6.45) is 1.10. The highest BCUT2D eigenvalue weighted by atomic mass is 79.9. The Morgan fingerprint density at radius 3 is 2.67 bits per heavy atom. The summed E-state index contributed by atoms with van der Waals surface area (Å²) in [6.45, 7) is 0.975. The van der Waals surface area contributed by atoms with Crippen molar-refractivity contribution in [3.05, 3.63) is 34.1 Å². The fourth-order valence-corrected chi connectivity index (χ4v) is 2.34. The van der Waals surface area contributed by atoms with Gasteiger partial charge in [-0.2, -0.15) is 0 Å². The van der Waals surface area contributed by atoms with Crippen LogP contribution in [0.15, 0.2) is 27.8 Å². The molecular weight excluding hydrogens is 303 g/mol. The molecule has 1 aromatic rings. The van der Waals surface area contributed by atoms with Gasteiger partial charge in [-0.05, 0) is 28.1 Å². The maximum Gasteiger partial charge on any atom is 0.255 e. The van der Waals surface area contributed by atoms with Gasteiger partial charge in [-0.1, -0.05) is 11.2 Å². The molecule has 0 aromatic heterocycles. The van der Waals surface area contributed by atoms with Gasteiger partial charge in [0, 0.05) is 25.9 Å². The molecule has 2 rings (SSSR count). The summed E-state index contributed by atoms with van der Waals surface area (Å²) in [7, 11) is 0. The van der Waals surface area contributed by atoms with Gasteiger partial charge in [0.05, 0.1) is 15.7 Å². The lowest BCUT2D eigenvalue weighted by Gasteiger charge is -2.27. The molecule has 1 saturated heterocycles. The fourth-order valence-electron chi connectivity index (χ4n) is 1.91. The second-order valence-corrected chi connectivity index (χ2v) is 4.85. The molecule has 0 spiro atoms. The lowest BCUT2D eigenvalue weighted by molar-refractivity contribution is 0.0752. The van der Waals surface area contributed by atoms with Crippen molar-refractivity contribution in [2.75, 3.05) is 13.1 Å². The first kappa shape index (κ1) is 13.0. The van der Waals surface area contributed by atoms with Gasteiger partial charge in [0.15, 0.2) is 0 Å². The summed E-state index contributed by atoms with van der Waals surface area (Å²) in [5.74, 6) is -0.658. The van der Waals surface area contributed by atoms with Crippen LogP contribution in [0.1, 0.15) is 23.2 Å². The Morgan fingerprint density at radius 2 is 2.06 bits per heavy atom. The standard InChI is InChI=1S/C12H12BrFN2O2/c13-11-9(2-1-3-10(11)14)12(17)16-6-4-8(15-18)5-7-16/h1-3,18H,4-7H2. The number of halogens is 2. The number of amides is 1. The molecule has 96 valence electrons. The average Bonchev–Trinajstić information content (AvgIpc) is 2.41. The van der Waals surface area contributed by atoms with Gasteiger partial charge in [0.1, 0.15) is 5.82 Å². The number of carbonyl (C=O) groups is 1. The quantitative estimate of drug-likeness (QED) is 0.640. The van der Waals surface area contributed by atoms with Crippen LogP contribution in [0.4, 0.5) is 4.39 Å². The molecule has 0 radical (unpaired) electrons. The summed E-state index contributed by atoms with van der Waals surface area (Å²) in [6, 6.07) is 4.40. The molecule has 4 nitrogen and oxygen atoms in total. The third-order valence-corrected chi connectivity index (χ3v) is 3.76. The summed E-state index contributed by atoms with van der Waals surface area (Å²) < 4.78 is 13.5. The normalized spacial score (nSPS) is 15.7. The Balaban J connectivity index is 2.15. The van der Waals surface area contributed by atoms with E-state index in [-0.39, 0.29) is 10.4 Å². The van der Waals surface area contributed by atoms with Crippen LogP contribution in [0.5, 0.6) is 0 Å². The Bertz CT molecular complexity index is 495. The first-order chi connectivity index (χ1) is 8.63. The van der Waals surface area contributed by atoms with Crippen LogP contribution in [-0.4, -0.2) is 34.8 Å². The topological polar surface area (TPSA) is 52.9 Å². The molecule has 1 heterocycles. The number of piperidine rings is 1. The zero-order chi connectivity index (χ0) is 13.1. The van der Waals surface area contributed by atoms with Crippen LogP contribution in [0, 0.1) is 5.82 Å². The highest BCUT2D eigenvalue weighted by molar-refractivity contribution is 9.10. The van der Waals surface area contributed by atoms with E-state index < -0.39 is 5.82 Å². The fraction of sp³-hybridized carbons (Fsp3) is 0.333. The molecule has 1 aromatic carbocycles. The van der Waals surface area contributed by atoms with Crippen molar-refractivity contribution < 1.29 is 14.4 Å². The molecule has 1 amide bonds. The lowest BCUT2D eigenvalue weighted by Crippen LogP contribution is -2.38. The Morgan fingerprint density at radius 1 is 1.39 bits per heavy atom. The SMILES string of the molecule is O=C(c1cccc(F)c1Br)N1CCC(=NO)CC1. The number of hydrogen-bond donors (Lipinski definition) is 1. The molecule has 0 unspecified atom stereocenters. The van der Waals surface area contributed by atoms with Crippen molar-refractivity contribution in [3.63, 3.8) is 0 Å². The average molecular weight is 315 g/mol. The van der Waals surface area contributed by atoms with Gasteiger partial charge in [-0.3, -0.25) is 4.79 Å². The van der Waals surface area contributed by atoms with E-state index in [1.807, 2.05) is 0 Å². The Kier molecular flexibility index (Phi) is 3.96. The number of hydrogen-bond acceptors (Lipinski definition) is 3. The van der Waals surface area contributed by atoms with Crippen LogP contribution in [0.3, 0.4) is 0 Å². The predicted octanol–water partition coefficient (Wildman–Crippen LogP) is 2.65. The van der Waals surface area contributed by atoms with Crippen LogP contribution in [0.2, 0.25) is 0 Å². The van der Waals surface area contributed by atoms with E-state index in [0.29, 0.717) is 37.2 Å². The van der Waals surface area contributed by atoms with Crippen molar-refractivity contribution in [2.24, 2.45) is 5.16 Å². The van der Waals surface area contributed by atoms with Crippen LogP contribution < -0.4 is 0 Å². The molecule has 0 saturated carbocycles. The molecule has 18 heavy (non-hydrogen) atoms. The monoisotopic (exact) mass is 314 g/mol. The smallest absolute Gasteiger partial charge is 0.255 e. The Hall–Kier alpha value is -1.43. The van der Waals surface area contributed by atoms with Crippen molar-refractivity contribution in [3.8, 4) is 0 Å². The number of rotatable bonds is 1. The van der Waals surface area contributed by atoms with Crippen molar-refractivity contribution >= 4 is 27.5 Å². The van der Waals surface area contributed by atoms with Crippen molar-refractivity contribution in [1.82, 2.24) is 4.90 Å². The molecular formula is C12H12BrFN2O2. The van der Waals surface area contributed by atoms with Gasteiger partial charge >= 0.3 is 0 Å². The molecule has 6 heteroatoms. The van der Waals surface area contributed by atoms with Crippen molar-refractivity contribution in [1.29, 1.82) is 0 Å². The molecule has 1 aliphatic rings. The van der Waals surface area contributed by atoms with E-state index in [1.54, 1.807) is 11.0 Å². The van der Waals surface area contributed by atoms with Gasteiger partial charge in [-0.25, -0.2) is 4.39 Å². The third kappa shape index (κ3) is 2.53. The first-order valence-electron chi connectivity index (χ1n) is 5.56. The summed E-state index contributed by atoms with van der Waals surface area (Å²) in [4.78, 5) is 13.8. The van der Waals surface area contributed by atoms with Crippen molar-refractivity contribution in [2.45, 2.75) is 12.8 Å². The van der Waals surface area contributed by atoms with E-state index >= 15 is 0 Å². The van der Waals surface area contributed by atoms with Crippen LogP contribution in [0.25, 0.3) is 0 Å². The van der Waals surface area contributed by atoms with E-state index in [1.165, 1.54) is 12.1 Å². The number of likely N-dealkylation sites (tertiary alicyclic amines) is 1. The molecule has 1 fully saturated rings. The van der Waals surface area contributed by atoms with Gasteiger partial charge in [-0.15, -0.1) is 0 Å². The van der Waals surface area contributed by atoms with E-state index in [2.05, 4.69) is 21.1 Å². The molecule has 1 aliphatic heterocycles. The highest BCUT2D eigenvalue weighted by Gasteiger charge is 2.23. The number of nitrogens with zero attached hydrogens (tertiary/aromatic N) is 2. The van der Waals surface area contributed by atoms with E-state index in [9.17, 15) is 9.18 Å². The minimum absolute atomic E-state index is 0.191. The number of benzene rings is 1. The number of oxime groups is 1. The highest BCUT2D eigenvalue weighted by Crippen LogP contribution is 2.23. The number of carbonyl (C=O) groups excluding carboxylic acids is 1. The molecule has 0 bridgehead atoms. The molecule has 0 atom stereocenters. The third-order valence-electron chi connectivity index (χ3n) is 2.95. The minimum Gasteiger partial charge on any atom is -0.411 e. The first-order valence-corrected chi connectivity index (χ1v) is 6.36. The maximum absolute atomic E-state index is 13.4. The summed E-state index contributed by atoms with van der Waals surface area (Å²) >= 11 is 3.09. The van der Waals surface area contributed by atoms with Gasteiger partial charge < -0.3 is 10.1 Å². The summed E-state index contributed by atoms with van der Waals surface area (Å²) in [5.41, 5.74) is 1.01. The predicted molar refractivity (Wildman–Crippen MR) is 68.5 cm³/mol. The van der Waals surface area contributed by atoms with Gasteiger partial charge in [0.2, 0.25) is 0 Å². The molecule has 0 aliphatic carbocycles. The van der Waals surface area contributed by atoms with E-state index in [0.717, 1.165) is 0 Å². The van der Waals surface area contributed by atoms with Crippen LogP contribution >= 0.6 is 15.9 Å². The summed E-state index contributed by atoms with van der Waals surface area (Å²) in [5, 5.41) is 11.8. The maximum atomic E-state index is 13.4. The second kappa shape index (κ2) is 5.48.